The molecule has 0 saturated carbocycles. The molecule has 0 bridgehead atoms. The monoisotopic (exact) mass is 200 g/mol. The van der Waals surface area contributed by atoms with Crippen molar-refractivity contribution in [3.8, 4) is 0 Å². The van der Waals surface area contributed by atoms with Crippen LogP contribution < -0.4 is 5.73 Å². The molecule has 0 amide bonds. The minimum Gasteiger partial charge on any atom is -0.399 e. The van der Waals surface area contributed by atoms with Crippen LogP contribution >= 0.6 is 0 Å². The van der Waals surface area contributed by atoms with Gasteiger partial charge in [-0.25, -0.2) is 0 Å². The van der Waals surface area contributed by atoms with Gasteiger partial charge in [-0.2, -0.15) is 0 Å². The third-order valence-electron chi connectivity index (χ3n) is 2.39. The van der Waals surface area contributed by atoms with Crippen LogP contribution in [0.15, 0.2) is 36.7 Å². The van der Waals surface area contributed by atoms with Gasteiger partial charge < -0.3 is 10.7 Å². The molecule has 0 atom stereocenters. The van der Waals surface area contributed by atoms with Crippen LogP contribution in [0.2, 0.25) is 0 Å². The number of nitrogens with one attached hydrogen (secondary N) is 1. The Labute approximate surface area is 87.9 Å². The third kappa shape index (κ3) is 1.76. The summed E-state index contributed by atoms with van der Waals surface area (Å²) < 4.78 is 0. The number of aryl methyl sites for hydroxylation is 1. The Morgan fingerprint density at radius 2 is 2.07 bits per heavy atom. The molecule has 2 rings (SSSR count). The lowest BCUT2D eigenvalue weighted by molar-refractivity contribution is 0.103. The second kappa shape index (κ2) is 3.61. The zero-order chi connectivity index (χ0) is 10.8. The number of H-pyrrole nitrogens is 1. The smallest absolute Gasteiger partial charge is 0.194 e. The molecule has 2 aromatic rings. The number of benzene rings is 1. The number of carbonyl (C=O) groups excluding carboxylic acids is 1. The first kappa shape index (κ1) is 9.52. The summed E-state index contributed by atoms with van der Waals surface area (Å²) in [4.78, 5) is 14.8. The maximum atomic E-state index is 11.9. The van der Waals surface area contributed by atoms with Crippen molar-refractivity contribution in [2.75, 3.05) is 5.73 Å². The fourth-order valence-electron chi connectivity index (χ4n) is 1.45. The number of rotatable bonds is 2. The molecule has 1 heterocycles. The molecule has 0 fully saturated rings. The molecule has 1 aromatic carbocycles. The average Bonchev–Trinajstić information content (AvgIpc) is 2.74. The van der Waals surface area contributed by atoms with E-state index in [1.165, 1.54) is 0 Å². The second-order valence-corrected chi connectivity index (χ2v) is 3.50. The van der Waals surface area contributed by atoms with Crippen molar-refractivity contribution in [1.82, 2.24) is 4.98 Å². The minimum atomic E-state index is 0.0133. The van der Waals surface area contributed by atoms with Gasteiger partial charge in [0.15, 0.2) is 5.78 Å². The van der Waals surface area contributed by atoms with Crippen LogP contribution in [0.25, 0.3) is 0 Å². The van der Waals surface area contributed by atoms with Crippen molar-refractivity contribution in [3.63, 3.8) is 0 Å². The molecule has 1 aromatic heterocycles. The van der Waals surface area contributed by atoms with Crippen LogP contribution in [0.1, 0.15) is 21.5 Å². The van der Waals surface area contributed by atoms with Gasteiger partial charge in [0.25, 0.3) is 0 Å². The third-order valence-corrected chi connectivity index (χ3v) is 2.39. The number of aromatic nitrogens is 1. The lowest BCUT2D eigenvalue weighted by Gasteiger charge is -2.02. The molecule has 0 aliphatic carbocycles. The van der Waals surface area contributed by atoms with E-state index in [-0.39, 0.29) is 5.78 Å². The maximum absolute atomic E-state index is 11.9. The number of aromatic amines is 1. The van der Waals surface area contributed by atoms with E-state index in [0.717, 1.165) is 5.56 Å². The molecule has 3 nitrogen and oxygen atoms in total. The number of nitrogen functional groups attached to an aromatic ring is 1. The largest absolute Gasteiger partial charge is 0.399 e. The van der Waals surface area contributed by atoms with E-state index in [1.807, 2.05) is 13.0 Å². The Hall–Kier alpha value is -2.03. The fraction of sp³-hybridized carbons (Fsp3) is 0.0833. The highest BCUT2D eigenvalue weighted by molar-refractivity contribution is 6.09. The summed E-state index contributed by atoms with van der Waals surface area (Å²) in [5, 5.41) is 0. The van der Waals surface area contributed by atoms with Crippen molar-refractivity contribution >= 4 is 11.5 Å². The molecule has 0 aliphatic heterocycles. The van der Waals surface area contributed by atoms with E-state index < -0.39 is 0 Å². The van der Waals surface area contributed by atoms with Gasteiger partial charge in [0, 0.05) is 29.2 Å². The van der Waals surface area contributed by atoms with E-state index >= 15 is 0 Å². The number of hydrogen-bond acceptors (Lipinski definition) is 2. The summed E-state index contributed by atoms with van der Waals surface area (Å²) >= 11 is 0. The van der Waals surface area contributed by atoms with Gasteiger partial charge >= 0.3 is 0 Å². The Kier molecular flexibility index (Phi) is 2.29. The zero-order valence-electron chi connectivity index (χ0n) is 8.45. The fourth-order valence-corrected chi connectivity index (χ4v) is 1.45. The maximum Gasteiger partial charge on any atom is 0.194 e. The molecule has 15 heavy (non-hydrogen) atoms. The summed E-state index contributed by atoms with van der Waals surface area (Å²) in [6.45, 7) is 1.89. The van der Waals surface area contributed by atoms with Crippen LogP contribution in [0.4, 0.5) is 5.69 Å². The lowest BCUT2D eigenvalue weighted by atomic mass is 10.0. The number of anilines is 1. The van der Waals surface area contributed by atoms with E-state index in [4.69, 9.17) is 5.73 Å². The molecule has 3 N–H and O–H groups in total. The summed E-state index contributed by atoms with van der Waals surface area (Å²) in [6, 6.07) is 7.07. The topological polar surface area (TPSA) is 58.9 Å². The summed E-state index contributed by atoms with van der Waals surface area (Å²) in [6.07, 6.45) is 3.42. The van der Waals surface area contributed by atoms with Crippen LogP contribution in [-0.4, -0.2) is 10.8 Å². The van der Waals surface area contributed by atoms with Crippen molar-refractivity contribution in [1.29, 1.82) is 0 Å². The number of ketones is 1. The standard InChI is InChI=1S/C12H12N2O/c1-8-6-9(2-3-11(8)13)12(15)10-4-5-14-7-10/h2-7,14H,13H2,1H3. The molecule has 0 aliphatic rings. The highest BCUT2D eigenvalue weighted by Gasteiger charge is 2.09. The number of carbonyl (C=O) groups is 1. The Morgan fingerprint density at radius 3 is 2.67 bits per heavy atom. The van der Waals surface area contributed by atoms with Crippen molar-refractivity contribution < 1.29 is 4.79 Å². The summed E-state index contributed by atoms with van der Waals surface area (Å²) in [7, 11) is 0. The first-order chi connectivity index (χ1) is 7.18. The van der Waals surface area contributed by atoms with E-state index in [0.29, 0.717) is 16.8 Å². The normalized spacial score (nSPS) is 10.2. The molecule has 0 radical (unpaired) electrons. The van der Waals surface area contributed by atoms with Gasteiger partial charge in [0.1, 0.15) is 0 Å². The van der Waals surface area contributed by atoms with Gasteiger partial charge in [-0.1, -0.05) is 0 Å². The van der Waals surface area contributed by atoms with Gasteiger partial charge in [-0.15, -0.1) is 0 Å². The summed E-state index contributed by atoms with van der Waals surface area (Å²) in [5.41, 5.74) is 8.66. The lowest BCUT2D eigenvalue weighted by Crippen LogP contribution is -2.01. The van der Waals surface area contributed by atoms with Crippen LogP contribution in [0, 0.1) is 6.92 Å². The summed E-state index contributed by atoms with van der Waals surface area (Å²) in [5.74, 6) is 0.0133. The van der Waals surface area contributed by atoms with Gasteiger partial charge in [0.2, 0.25) is 0 Å². The van der Waals surface area contributed by atoms with Gasteiger partial charge in [-0.05, 0) is 36.8 Å². The van der Waals surface area contributed by atoms with Crippen LogP contribution in [-0.2, 0) is 0 Å². The minimum absolute atomic E-state index is 0.0133. The Morgan fingerprint density at radius 1 is 1.27 bits per heavy atom. The zero-order valence-corrected chi connectivity index (χ0v) is 8.45. The molecule has 76 valence electrons. The molecular formula is C12H12N2O. The second-order valence-electron chi connectivity index (χ2n) is 3.50. The first-order valence-corrected chi connectivity index (χ1v) is 4.72. The highest BCUT2D eigenvalue weighted by atomic mass is 16.1. The molecule has 0 spiro atoms. The predicted octanol–water partition coefficient (Wildman–Crippen LogP) is 2.14. The first-order valence-electron chi connectivity index (χ1n) is 4.72. The van der Waals surface area contributed by atoms with Crippen molar-refractivity contribution in [2.45, 2.75) is 6.92 Å². The van der Waals surface area contributed by atoms with Crippen LogP contribution in [0.3, 0.4) is 0 Å². The van der Waals surface area contributed by atoms with E-state index in [2.05, 4.69) is 4.98 Å². The van der Waals surface area contributed by atoms with E-state index in [9.17, 15) is 4.79 Å². The van der Waals surface area contributed by atoms with Crippen molar-refractivity contribution in [2.24, 2.45) is 0 Å². The molecular weight excluding hydrogens is 188 g/mol. The van der Waals surface area contributed by atoms with Crippen LogP contribution in [0.5, 0.6) is 0 Å². The predicted molar refractivity (Wildman–Crippen MR) is 59.8 cm³/mol. The SMILES string of the molecule is Cc1cc(C(=O)c2cc[nH]c2)ccc1N. The Balaban J connectivity index is 2.39. The molecule has 0 saturated heterocycles. The van der Waals surface area contributed by atoms with Gasteiger partial charge in [0.05, 0.1) is 0 Å². The van der Waals surface area contributed by atoms with Gasteiger partial charge in [-0.3, -0.25) is 4.79 Å². The number of hydrogen-bond donors (Lipinski definition) is 2. The quantitative estimate of drug-likeness (QED) is 0.576. The Bertz CT molecular complexity index is 486. The average molecular weight is 200 g/mol. The number of nitrogens with two attached hydrogens (primary N) is 1. The molecule has 3 heteroatoms. The van der Waals surface area contributed by atoms with E-state index in [1.54, 1.807) is 30.6 Å². The molecule has 0 unspecified atom stereocenters. The highest BCUT2D eigenvalue weighted by Crippen LogP contribution is 2.15. The van der Waals surface area contributed by atoms with Crippen molar-refractivity contribution in [3.05, 3.63) is 53.3 Å².